The molecule has 1 N–H and O–H groups in total. The zero-order valence-electron chi connectivity index (χ0n) is 4.55. The molecule has 8 heavy (non-hydrogen) atoms. The van der Waals surface area contributed by atoms with Crippen LogP contribution >= 0.6 is 0 Å². The fourth-order valence-electron chi connectivity index (χ4n) is 0.524. The van der Waals surface area contributed by atoms with Crippen LogP contribution in [0.25, 0.3) is 0 Å². The number of ether oxygens (including phenoxy) is 2. The number of methoxy groups -OCH3 is 1. The summed E-state index contributed by atoms with van der Waals surface area (Å²) in [6.45, 7) is 0. The molecule has 1 heterocycles. The van der Waals surface area contributed by atoms with Crippen molar-refractivity contribution in [1.29, 1.82) is 5.41 Å². The SMILES string of the molecule is COC1C=COC1=N. The maximum Gasteiger partial charge on any atom is 0.219 e. The first kappa shape index (κ1) is 5.31. The summed E-state index contributed by atoms with van der Waals surface area (Å²) < 4.78 is 9.42. The van der Waals surface area contributed by atoms with Crippen molar-refractivity contribution in [3.63, 3.8) is 0 Å². The van der Waals surface area contributed by atoms with Crippen LogP contribution in [-0.2, 0) is 9.47 Å². The highest BCUT2D eigenvalue weighted by Gasteiger charge is 2.15. The van der Waals surface area contributed by atoms with Crippen molar-refractivity contribution in [3.05, 3.63) is 12.3 Å². The summed E-state index contributed by atoms with van der Waals surface area (Å²) in [7, 11) is 1.54. The van der Waals surface area contributed by atoms with Crippen LogP contribution < -0.4 is 0 Å². The number of hydrogen-bond acceptors (Lipinski definition) is 3. The van der Waals surface area contributed by atoms with Gasteiger partial charge in [-0.3, -0.25) is 5.41 Å². The van der Waals surface area contributed by atoms with Crippen LogP contribution in [0.3, 0.4) is 0 Å². The molecule has 1 aliphatic heterocycles. The van der Waals surface area contributed by atoms with Crippen molar-refractivity contribution in [2.75, 3.05) is 7.11 Å². The van der Waals surface area contributed by atoms with E-state index in [0.717, 1.165) is 0 Å². The molecule has 0 saturated carbocycles. The van der Waals surface area contributed by atoms with Crippen LogP contribution in [0.1, 0.15) is 0 Å². The molecule has 0 aromatic rings. The van der Waals surface area contributed by atoms with E-state index in [9.17, 15) is 0 Å². The first-order valence-corrected chi connectivity index (χ1v) is 2.29. The predicted molar refractivity (Wildman–Crippen MR) is 28.7 cm³/mol. The zero-order chi connectivity index (χ0) is 5.98. The first-order chi connectivity index (χ1) is 3.84. The van der Waals surface area contributed by atoms with E-state index in [0.29, 0.717) is 0 Å². The summed E-state index contributed by atoms with van der Waals surface area (Å²) in [6.07, 6.45) is 2.88. The van der Waals surface area contributed by atoms with Crippen LogP contribution in [0.5, 0.6) is 0 Å². The molecule has 0 spiro atoms. The van der Waals surface area contributed by atoms with Crippen molar-refractivity contribution in [2.24, 2.45) is 0 Å². The number of nitrogens with one attached hydrogen (secondary N) is 1. The summed E-state index contributed by atoms with van der Waals surface area (Å²) in [5.41, 5.74) is 0. The third-order valence-electron chi connectivity index (χ3n) is 0.961. The lowest BCUT2D eigenvalue weighted by atomic mass is 10.4. The van der Waals surface area contributed by atoms with E-state index < -0.39 is 0 Å². The van der Waals surface area contributed by atoms with E-state index >= 15 is 0 Å². The monoisotopic (exact) mass is 113 g/mol. The number of rotatable bonds is 1. The normalized spacial score (nSPS) is 26.1. The fourth-order valence-corrected chi connectivity index (χ4v) is 0.524. The van der Waals surface area contributed by atoms with Gasteiger partial charge in [-0.2, -0.15) is 0 Å². The average molecular weight is 113 g/mol. The van der Waals surface area contributed by atoms with Gasteiger partial charge >= 0.3 is 0 Å². The van der Waals surface area contributed by atoms with Crippen LogP contribution in [0.15, 0.2) is 12.3 Å². The molecule has 0 amide bonds. The smallest absolute Gasteiger partial charge is 0.219 e. The van der Waals surface area contributed by atoms with E-state index in [2.05, 4.69) is 4.74 Å². The van der Waals surface area contributed by atoms with Gasteiger partial charge in [0.05, 0.1) is 6.26 Å². The van der Waals surface area contributed by atoms with Gasteiger partial charge in [0.1, 0.15) is 0 Å². The van der Waals surface area contributed by atoms with E-state index in [1.165, 1.54) is 13.4 Å². The Bertz CT molecular complexity index is 130. The third-order valence-corrected chi connectivity index (χ3v) is 0.961. The van der Waals surface area contributed by atoms with Crippen LogP contribution in [0.4, 0.5) is 0 Å². The van der Waals surface area contributed by atoms with Crippen molar-refractivity contribution in [1.82, 2.24) is 0 Å². The Balaban J connectivity index is 2.53. The summed E-state index contributed by atoms with van der Waals surface area (Å²) in [5, 5.41) is 7.00. The van der Waals surface area contributed by atoms with Gasteiger partial charge in [0.15, 0.2) is 6.10 Å². The van der Waals surface area contributed by atoms with Crippen LogP contribution in [0.2, 0.25) is 0 Å². The summed E-state index contributed by atoms with van der Waals surface area (Å²) in [5.74, 6) is 0.160. The quantitative estimate of drug-likeness (QED) is 0.538. The largest absolute Gasteiger partial charge is 0.448 e. The van der Waals surface area contributed by atoms with Gasteiger partial charge < -0.3 is 9.47 Å². The summed E-state index contributed by atoms with van der Waals surface area (Å²) in [6, 6.07) is 0. The number of hydrogen-bond donors (Lipinski definition) is 1. The average Bonchev–Trinajstić information content (AvgIpc) is 2.14. The molecule has 1 unspecified atom stereocenters. The molecule has 1 rings (SSSR count). The van der Waals surface area contributed by atoms with E-state index in [4.69, 9.17) is 10.1 Å². The van der Waals surface area contributed by atoms with Gasteiger partial charge in [0.25, 0.3) is 0 Å². The molecule has 0 aromatic heterocycles. The van der Waals surface area contributed by atoms with Gasteiger partial charge in [0.2, 0.25) is 5.90 Å². The highest BCUT2D eigenvalue weighted by Crippen LogP contribution is 2.04. The summed E-state index contributed by atoms with van der Waals surface area (Å²) in [4.78, 5) is 0. The van der Waals surface area contributed by atoms with E-state index in [-0.39, 0.29) is 12.0 Å². The van der Waals surface area contributed by atoms with Gasteiger partial charge in [-0.05, 0) is 6.08 Å². The lowest BCUT2D eigenvalue weighted by Crippen LogP contribution is -2.15. The Morgan fingerprint density at radius 3 is 2.88 bits per heavy atom. The molecule has 3 nitrogen and oxygen atoms in total. The maximum absolute atomic E-state index is 7.00. The minimum Gasteiger partial charge on any atom is -0.448 e. The van der Waals surface area contributed by atoms with Crippen molar-refractivity contribution < 1.29 is 9.47 Å². The Labute approximate surface area is 47.4 Å². The second-order valence-electron chi connectivity index (χ2n) is 1.47. The maximum atomic E-state index is 7.00. The Hall–Kier alpha value is -0.830. The Morgan fingerprint density at radius 1 is 1.88 bits per heavy atom. The lowest BCUT2D eigenvalue weighted by molar-refractivity contribution is 0.183. The van der Waals surface area contributed by atoms with Gasteiger partial charge in [-0.15, -0.1) is 0 Å². The molecule has 0 radical (unpaired) electrons. The third kappa shape index (κ3) is 0.721. The van der Waals surface area contributed by atoms with E-state index in [1.807, 2.05) is 0 Å². The molecule has 0 fully saturated rings. The van der Waals surface area contributed by atoms with Crippen LogP contribution in [0, 0.1) is 5.41 Å². The Morgan fingerprint density at radius 2 is 2.62 bits per heavy atom. The standard InChI is InChI=1S/C5H7NO2/c1-7-4-2-3-8-5(4)6/h2-4,6H,1H3. The molecule has 44 valence electrons. The summed E-state index contributed by atoms with van der Waals surface area (Å²) >= 11 is 0. The van der Waals surface area contributed by atoms with Gasteiger partial charge in [0, 0.05) is 7.11 Å². The second kappa shape index (κ2) is 1.96. The highest BCUT2D eigenvalue weighted by atomic mass is 16.5. The second-order valence-corrected chi connectivity index (χ2v) is 1.47. The first-order valence-electron chi connectivity index (χ1n) is 2.29. The van der Waals surface area contributed by atoms with Gasteiger partial charge in [-0.1, -0.05) is 0 Å². The molecule has 1 atom stereocenters. The molecular weight excluding hydrogens is 106 g/mol. The minimum atomic E-state index is -0.255. The van der Waals surface area contributed by atoms with Crippen molar-refractivity contribution in [3.8, 4) is 0 Å². The lowest BCUT2D eigenvalue weighted by Gasteiger charge is -2.01. The molecular formula is C5H7NO2. The van der Waals surface area contributed by atoms with Gasteiger partial charge in [-0.25, -0.2) is 0 Å². The van der Waals surface area contributed by atoms with E-state index in [1.54, 1.807) is 6.08 Å². The minimum absolute atomic E-state index is 0.160. The predicted octanol–water partition coefficient (Wildman–Crippen LogP) is 0.523. The zero-order valence-corrected chi connectivity index (χ0v) is 4.55. The van der Waals surface area contributed by atoms with Crippen LogP contribution in [-0.4, -0.2) is 19.1 Å². The molecule has 1 aliphatic rings. The molecule has 0 aliphatic carbocycles. The Kier molecular flexibility index (Phi) is 1.30. The van der Waals surface area contributed by atoms with Crippen molar-refractivity contribution >= 4 is 5.90 Å². The fraction of sp³-hybridized carbons (Fsp3) is 0.400. The highest BCUT2D eigenvalue weighted by molar-refractivity contribution is 5.82. The molecule has 0 aromatic carbocycles. The molecule has 3 heteroatoms. The van der Waals surface area contributed by atoms with Crippen molar-refractivity contribution in [2.45, 2.75) is 6.10 Å². The topological polar surface area (TPSA) is 42.3 Å². The molecule has 0 saturated heterocycles. The molecule has 0 bridgehead atoms.